The highest BCUT2D eigenvalue weighted by Gasteiger charge is 2.06. The second-order valence-electron chi connectivity index (χ2n) is 4.09. The van der Waals surface area contributed by atoms with Gasteiger partial charge in [0.2, 0.25) is 0 Å². The van der Waals surface area contributed by atoms with Crippen molar-refractivity contribution in [1.29, 1.82) is 0 Å². The van der Waals surface area contributed by atoms with Crippen LogP contribution in [0.1, 0.15) is 29.8 Å². The number of rotatable bonds is 7. The maximum absolute atomic E-state index is 11.5. The Kier molecular flexibility index (Phi) is 4.58. The van der Waals surface area contributed by atoms with E-state index in [0.717, 1.165) is 25.8 Å². The van der Waals surface area contributed by atoms with Crippen LogP contribution in [0.5, 0.6) is 0 Å². The van der Waals surface area contributed by atoms with E-state index in [4.69, 9.17) is 4.42 Å². The molecule has 1 amide bonds. The third-order valence-corrected chi connectivity index (χ3v) is 2.68. The normalized spacial score (nSPS) is 10.4. The third kappa shape index (κ3) is 3.76. The predicted octanol–water partition coefficient (Wildman–Crippen LogP) is 2.08. The summed E-state index contributed by atoms with van der Waals surface area (Å²) in [5, 5.41) is 2.83. The van der Waals surface area contributed by atoms with Crippen LogP contribution in [-0.4, -0.2) is 22.0 Å². The summed E-state index contributed by atoms with van der Waals surface area (Å²) in [7, 11) is 0. The quantitative estimate of drug-likeness (QED) is 0.762. The van der Waals surface area contributed by atoms with Crippen LogP contribution in [0.3, 0.4) is 0 Å². The lowest BCUT2D eigenvalue weighted by Crippen LogP contribution is -2.23. The fourth-order valence-corrected chi connectivity index (χ4v) is 1.71. The Morgan fingerprint density at radius 2 is 2.33 bits per heavy atom. The van der Waals surface area contributed by atoms with Gasteiger partial charge in [-0.15, -0.1) is 0 Å². The first-order valence-corrected chi connectivity index (χ1v) is 6.14. The minimum atomic E-state index is -0.144. The van der Waals surface area contributed by atoms with Crippen LogP contribution >= 0.6 is 0 Å². The SMILES string of the molecule is O=C(NCCCCCn1ccnc1)c1ccco1. The highest BCUT2D eigenvalue weighted by molar-refractivity contribution is 5.91. The molecular weight excluding hydrogens is 230 g/mol. The van der Waals surface area contributed by atoms with Crippen LogP contribution in [0.2, 0.25) is 0 Å². The zero-order valence-corrected chi connectivity index (χ0v) is 10.2. The van der Waals surface area contributed by atoms with Gasteiger partial charge < -0.3 is 14.3 Å². The van der Waals surface area contributed by atoms with Crippen molar-refractivity contribution in [3.63, 3.8) is 0 Å². The molecule has 1 N–H and O–H groups in total. The van der Waals surface area contributed by atoms with Gasteiger partial charge in [0.25, 0.3) is 5.91 Å². The van der Waals surface area contributed by atoms with Crippen LogP contribution in [0.25, 0.3) is 0 Å². The van der Waals surface area contributed by atoms with Gasteiger partial charge in [0, 0.05) is 25.5 Å². The van der Waals surface area contributed by atoms with Crippen molar-refractivity contribution < 1.29 is 9.21 Å². The number of unbranched alkanes of at least 4 members (excludes halogenated alkanes) is 2. The van der Waals surface area contributed by atoms with Crippen LogP contribution < -0.4 is 5.32 Å². The third-order valence-electron chi connectivity index (χ3n) is 2.68. The van der Waals surface area contributed by atoms with Gasteiger partial charge in [-0.25, -0.2) is 4.98 Å². The molecule has 0 fully saturated rings. The molecule has 0 aliphatic heterocycles. The summed E-state index contributed by atoms with van der Waals surface area (Å²) < 4.78 is 7.06. The zero-order chi connectivity index (χ0) is 12.6. The number of hydrogen-bond donors (Lipinski definition) is 1. The average Bonchev–Trinajstić information content (AvgIpc) is 3.05. The molecule has 2 aromatic rings. The first-order chi connectivity index (χ1) is 8.86. The van der Waals surface area contributed by atoms with Gasteiger partial charge in [-0.2, -0.15) is 0 Å². The molecule has 2 heterocycles. The van der Waals surface area contributed by atoms with Crippen LogP contribution in [0.15, 0.2) is 41.5 Å². The molecule has 2 aromatic heterocycles. The number of nitrogens with one attached hydrogen (secondary N) is 1. The summed E-state index contributed by atoms with van der Waals surface area (Å²) in [6.45, 7) is 1.66. The van der Waals surface area contributed by atoms with Gasteiger partial charge in [0.1, 0.15) is 0 Å². The molecule has 0 aliphatic carbocycles. The van der Waals surface area contributed by atoms with Crippen molar-refractivity contribution in [2.45, 2.75) is 25.8 Å². The Hall–Kier alpha value is -2.04. The molecule has 0 radical (unpaired) electrons. The highest BCUT2D eigenvalue weighted by Crippen LogP contribution is 2.01. The van der Waals surface area contributed by atoms with Gasteiger partial charge in [0.05, 0.1) is 12.6 Å². The Morgan fingerprint density at radius 1 is 1.39 bits per heavy atom. The number of aromatic nitrogens is 2. The largest absolute Gasteiger partial charge is 0.459 e. The molecule has 0 saturated heterocycles. The minimum absolute atomic E-state index is 0.144. The van der Waals surface area contributed by atoms with E-state index in [0.29, 0.717) is 12.3 Å². The molecule has 0 bridgehead atoms. The number of hydrogen-bond acceptors (Lipinski definition) is 3. The van der Waals surface area contributed by atoms with Crippen molar-refractivity contribution in [3.8, 4) is 0 Å². The molecule has 18 heavy (non-hydrogen) atoms. The number of nitrogens with zero attached hydrogens (tertiary/aromatic N) is 2. The lowest BCUT2D eigenvalue weighted by molar-refractivity contribution is 0.0925. The fourth-order valence-electron chi connectivity index (χ4n) is 1.71. The van der Waals surface area contributed by atoms with E-state index in [-0.39, 0.29) is 5.91 Å². The molecule has 0 saturated carbocycles. The molecule has 0 aromatic carbocycles. The van der Waals surface area contributed by atoms with Crippen molar-refractivity contribution in [2.75, 3.05) is 6.54 Å². The predicted molar refractivity (Wildman–Crippen MR) is 67.1 cm³/mol. The van der Waals surface area contributed by atoms with Crippen LogP contribution in [0.4, 0.5) is 0 Å². The number of furan rings is 1. The van der Waals surface area contributed by atoms with E-state index in [1.54, 1.807) is 18.3 Å². The van der Waals surface area contributed by atoms with Crippen LogP contribution in [-0.2, 0) is 6.54 Å². The Labute approximate surface area is 106 Å². The van der Waals surface area contributed by atoms with E-state index in [9.17, 15) is 4.79 Å². The standard InChI is InChI=1S/C13H17N3O2/c17-13(12-5-4-10-18-12)15-6-2-1-3-8-16-9-7-14-11-16/h4-5,7,9-11H,1-3,6,8H2,(H,15,17). The molecule has 2 rings (SSSR count). The maximum atomic E-state index is 11.5. The summed E-state index contributed by atoms with van der Waals surface area (Å²) in [6.07, 6.45) is 10.2. The number of carbonyl (C=O) groups excluding carboxylic acids is 1. The summed E-state index contributed by atoms with van der Waals surface area (Å²) in [5.74, 6) is 0.225. The van der Waals surface area contributed by atoms with E-state index >= 15 is 0 Å². The van der Waals surface area contributed by atoms with E-state index in [1.807, 2.05) is 12.5 Å². The fraction of sp³-hybridized carbons (Fsp3) is 0.385. The number of imidazole rings is 1. The Balaban J connectivity index is 1.52. The first kappa shape index (κ1) is 12.4. The lowest BCUT2D eigenvalue weighted by Gasteiger charge is -2.04. The Bertz CT molecular complexity index is 449. The molecule has 0 atom stereocenters. The van der Waals surface area contributed by atoms with Crippen molar-refractivity contribution in [3.05, 3.63) is 42.9 Å². The number of amides is 1. The Morgan fingerprint density at radius 3 is 3.06 bits per heavy atom. The minimum Gasteiger partial charge on any atom is -0.459 e. The van der Waals surface area contributed by atoms with E-state index in [1.165, 1.54) is 6.26 Å². The number of aryl methyl sites for hydroxylation is 1. The molecule has 5 nitrogen and oxygen atoms in total. The van der Waals surface area contributed by atoms with Crippen molar-refractivity contribution >= 4 is 5.91 Å². The van der Waals surface area contributed by atoms with Gasteiger partial charge in [0.15, 0.2) is 5.76 Å². The first-order valence-electron chi connectivity index (χ1n) is 6.14. The highest BCUT2D eigenvalue weighted by atomic mass is 16.3. The second kappa shape index (κ2) is 6.64. The van der Waals surface area contributed by atoms with Crippen LogP contribution in [0, 0.1) is 0 Å². The van der Waals surface area contributed by atoms with Gasteiger partial charge in [-0.3, -0.25) is 4.79 Å². The lowest BCUT2D eigenvalue weighted by atomic mass is 10.2. The molecule has 0 aliphatic rings. The molecule has 0 spiro atoms. The zero-order valence-electron chi connectivity index (χ0n) is 10.2. The second-order valence-corrected chi connectivity index (χ2v) is 4.09. The maximum Gasteiger partial charge on any atom is 0.286 e. The van der Waals surface area contributed by atoms with Crippen molar-refractivity contribution in [2.24, 2.45) is 0 Å². The summed E-state index contributed by atoms with van der Waals surface area (Å²) in [5.41, 5.74) is 0. The molecule has 96 valence electrons. The number of carbonyl (C=O) groups is 1. The summed E-state index contributed by atoms with van der Waals surface area (Å²) in [6, 6.07) is 3.37. The van der Waals surface area contributed by atoms with Gasteiger partial charge in [-0.1, -0.05) is 0 Å². The summed E-state index contributed by atoms with van der Waals surface area (Å²) in [4.78, 5) is 15.5. The topological polar surface area (TPSA) is 60.1 Å². The van der Waals surface area contributed by atoms with E-state index in [2.05, 4.69) is 14.9 Å². The smallest absolute Gasteiger partial charge is 0.286 e. The van der Waals surface area contributed by atoms with Gasteiger partial charge in [-0.05, 0) is 31.4 Å². The molecular formula is C13H17N3O2. The average molecular weight is 247 g/mol. The molecule has 5 heteroatoms. The van der Waals surface area contributed by atoms with Crippen molar-refractivity contribution in [1.82, 2.24) is 14.9 Å². The molecule has 0 unspecified atom stereocenters. The monoisotopic (exact) mass is 247 g/mol. The van der Waals surface area contributed by atoms with E-state index < -0.39 is 0 Å². The van der Waals surface area contributed by atoms with Gasteiger partial charge >= 0.3 is 0 Å². The summed E-state index contributed by atoms with van der Waals surface area (Å²) >= 11 is 0.